The molecular formula is C47H59Cl2SiZr. The van der Waals surface area contributed by atoms with E-state index in [1.807, 2.05) is 0 Å². The zero-order valence-electron chi connectivity index (χ0n) is 33.2. The molecule has 269 valence electrons. The van der Waals surface area contributed by atoms with E-state index in [4.69, 9.17) is 17.0 Å². The van der Waals surface area contributed by atoms with Gasteiger partial charge in [0.2, 0.25) is 0 Å². The molecule has 2 aliphatic rings. The summed E-state index contributed by atoms with van der Waals surface area (Å²) in [6, 6.07) is 30.4. The third-order valence-electron chi connectivity index (χ3n) is 12.3. The summed E-state index contributed by atoms with van der Waals surface area (Å²) in [4.78, 5) is 0. The third-order valence-corrected chi connectivity index (χ3v) is 62.4. The maximum atomic E-state index is 8.90. The number of benzene rings is 4. The van der Waals surface area contributed by atoms with E-state index >= 15 is 0 Å². The van der Waals surface area contributed by atoms with Gasteiger partial charge in [0.25, 0.3) is 0 Å². The second-order valence-corrected chi connectivity index (χ2v) is 58.6. The fourth-order valence-electron chi connectivity index (χ4n) is 9.65. The van der Waals surface area contributed by atoms with Crippen LogP contribution in [0.5, 0.6) is 0 Å². The summed E-state index contributed by atoms with van der Waals surface area (Å²) >= 11 is -4.92. The van der Waals surface area contributed by atoms with Crippen LogP contribution in [0, 0.1) is 13.8 Å². The van der Waals surface area contributed by atoms with Crippen molar-refractivity contribution in [3.05, 3.63) is 128 Å². The molecule has 2 atom stereocenters. The minimum absolute atomic E-state index is 0.0924. The number of hydrogen-bond acceptors (Lipinski definition) is 0. The molecule has 0 saturated heterocycles. The summed E-state index contributed by atoms with van der Waals surface area (Å²) in [5.74, 6) is -1.66. The predicted octanol–water partition coefficient (Wildman–Crippen LogP) is 15.0. The Hall–Kier alpha value is -1.96. The van der Waals surface area contributed by atoms with E-state index in [0.29, 0.717) is 0 Å². The first-order valence-corrected chi connectivity index (χ1v) is 34.9. The zero-order valence-corrected chi connectivity index (χ0v) is 38.3. The van der Waals surface area contributed by atoms with E-state index in [-0.39, 0.29) is 18.1 Å². The molecule has 0 amide bonds. The molecule has 2 unspecified atom stereocenters. The summed E-state index contributed by atoms with van der Waals surface area (Å²) in [5.41, 5.74) is 18.9. The van der Waals surface area contributed by atoms with Gasteiger partial charge in [-0.15, -0.1) is 0 Å². The average Bonchev–Trinajstić information content (AvgIpc) is 3.62. The van der Waals surface area contributed by atoms with Crippen LogP contribution in [0.3, 0.4) is 0 Å². The van der Waals surface area contributed by atoms with Gasteiger partial charge < -0.3 is 0 Å². The molecule has 0 heterocycles. The van der Waals surface area contributed by atoms with Crippen molar-refractivity contribution < 1.29 is 15.6 Å². The molecule has 0 saturated carbocycles. The molecular weight excluding hydrogens is 755 g/mol. The summed E-state index contributed by atoms with van der Waals surface area (Å²) < 4.78 is 0.197. The van der Waals surface area contributed by atoms with Crippen molar-refractivity contribution >= 4 is 35.1 Å². The normalized spacial score (nSPS) is 18.3. The van der Waals surface area contributed by atoms with Gasteiger partial charge in [0.1, 0.15) is 0 Å². The van der Waals surface area contributed by atoms with Crippen molar-refractivity contribution in [3.63, 3.8) is 0 Å². The Morgan fingerprint density at radius 1 is 0.588 bits per heavy atom. The van der Waals surface area contributed by atoms with Crippen LogP contribution >= 0.6 is 17.0 Å². The molecule has 0 spiro atoms. The van der Waals surface area contributed by atoms with Gasteiger partial charge in [-0.3, -0.25) is 0 Å². The fraction of sp³-hybridized carbons (Fsp3) is 0.404. The maximum absolute atomic E-state index is 8.90. The Morgan fingerprint density at radius 3 is 1.39 bits per heavy atom. The quantitative estimate of drug-likeness (QED) is 0.156. The topological polar surface area (TPSA) is 0 Å². The molecule has 6 rings (SSSR count). The number of halogens is 2. The minimum atomic E-state index is -4.92. The van der Waals surface area contributed by atoms with Gasteiger partial charge >= 0.3 is 321 Å². The molecule has 4 aromatic rings. The van der Waals surface area contributed by atoms with E-state index in [9.17, 15) is 0 Å². The van der Waals surface area contributed by atoms with Crippen LogP contribution in [0.2, 0.25) is 12.1 Å². The number of hydrogen-bond donors (Lipinski definition) is 0. The van der Waals surface area contributed by atoms with Crippen LogP contribution in [-0.4, -0.2) is 5.92 Å². The summed E-state index contributed by atoms with van der Waals surface area (Å²) in [6.07, 6.45) is 5.93. The second kappa shape index (κ2) is 13.7. The van der Waals surface area contributed by atoms with Crippen LogP contribution in [0.4, 0.5) is 0 Å². The Balaban J connectivity index is 1.58. The third kappa shape index (κ3) is 6.62. The van der Waals surface area contributed by atoms with E-state index in [0.717, 1.165) is 18.5 Å². The molecule has 4 aromatic carbocycles. The summed E-state index contributed by atoms with van der Waals surface area (Å²) in [5, 5.41) is 0. The first-order chi connectivity index (χ1) is 23.8. The molecule has 2 aliphatic carbocycles. The Labute approximate surface area is 318 Å². The Kier molecular flexibility index (Phi) is 10.4. The van der Waals surface area contributed by atoms with Crippen molar-refractivity contribution in [3.8, 4) is 22.3 Å². The van der Waals surface area contributed by atoms with Crippen molar-refractivity contribution in [2.24, 2.45) is 0 Å². The standard InChI is InChI=1S/C22H25.C21H23.C4H11Si.2ClH.Zr/c1-6-16-13-18-11-15(2)12-20(21(18)14-16)17-7-9-19(10-8-17)22(3,4)5;1-14-10-17-11-15(2)13-20(17)19(12-14)16-6-8-18(9-7-16)21(3,4)5;1-3-5-4-2;;;/h7-14H,6H2,1-5H3;6-13H,1-5H3;5H,3-4H2,1-2H3;2*1H;/q;;;;;+2/p-2. The molecule has 0 nitrogen and oxygen atoms in total. The van der Waals surface area contributed by atoms with Crippen molar-refractivity contribution in [1.29, 1.82) is 0 Å². The van der Waals surface area contributed by atoms with Crippen LogP contribution in [0.15, 0.2) is 83.9 Å². The van der Waals surface area contributed by atoms with Crippen LogP contribution in [0.1, 0.15) is 127 Å². The molecule has 0 bridgehead atoms. The van der Waals surface area contributed by atoms with Crippen molar-refractivity contribution in [1.82, 2.24) is 0 Å². The number of aryl methyl sites for hydroxylation is 2. The summed E-state index contributed by atoms with van der Waals surface area (Å²) in [6.45, 7) is 27.6. The van der Waals surface area contributed by atoms with Gasteiger partial charge in [0.05, 0.1) is 0 Å². The molecule has 0 N–H and O–H groups in total. The predicted molar refractivity (Wildman–Crippen MR) is 228 cm³/mol. The molecule has 0 radical (unpaired) electrons. The van der Waals surface area contributed by atoms with Crippen LogP contribution < -0.4 is 0 Å². The Bertz CT molecular complexity index is 2030. The van der Waals surface area contributed by atoms with E-state index in [1.54, 1.807) is 0 Å². The van der Waals surface area contributed by atoms with Crippen LogP contribution in [0.25, 0.3) is 34.4 Å². The SMILES string of the molecule is CCC1=Cc2c(-c3ccc(C(C)(C)C)cc3)cc(C)cc2[CH]1[Zr]([Cl])([Cl])([CH]1C(C)=Cc2c(-c3ccc(C(C)(C)C)cc3)cc(C)cc21)[SiH](CC)CC. The molecule has 4 heteroatoms. The molecule has 0 fully saturated rings. The monoisotopic (exact) mass is 811 g/mol. The number of fused-ring (bicyclic) bond motifs is 2. The van der Waals surface area contributed by atoms with E-state index in [1.165, 1.54) is 77.9 Å². The second-order valence-electron chi connectivity index (χ2n) is 17.9. The van der Waals surface area contributed by atoms with Crippen molar-refractivity contribution in [2.45, 2.75) is 120 Å². The molecule has 51 heavy (non-hydrogen) atoms. The van der Waals surface area contributed by atoms with Crippen molar-refractivity contribution in [2.75, 3.05) is 0 Å². The van der Waals surface area contributed by atoms with Gasteiger partial charge in [-0.25, -0.2) is 0 Å². The summed E-state index contributed by atoms with van der Waals surface area (Å²) in [7, 11) is 17.8. The first-order valence-electron chi connectivity index (χ1n) is 19.3. The van der Waals surface area contributed by atoms with Gasteiger partial charge in [-0.2, -0.15) is 0 Å². The van der Waals surface area contributed by atoms with Gasteiger partial charge in [0.15, 0.2) is 0 Å². The average molecular weight is 814 g/mol. The van der Waals surface area contributed by atoms with Gasteiger partial charge in [0, 0.05) is 0 Å². The molecule has 0 aromatic heterocycles. The Morgan fingerprint density at radius 2 is 1.00 bits per heavy atom. The first kappa shape index (κ1) is 38.8. The molecule has 0 aliphatic heterocycles. The van der Waals surface area contributed by atoms with E-state index in [2.05, 4.69) is 168 Å². The van der Waals surface area contributed by atoms with Gasteiger partial charge in [-0.05, 0) is 0 Å². The van der Waals surface area contributed by atoms with Crippen LogP contribution in [-0.2, 0) is 26.4 Å². The number of rotatable bonds is 8. The van der Waals surface area contributed by atoms with Gasteiger partial charge in [-0.1, -0.05) is 0 Å². The zero-order chi connectivity index (χ0) is 37.3. The fourth-order valence-corrected chi connectivity index (χ4v) is 63.3. The van der Waals surface area contributed by atoms with E-state index < -0.39 is 21.5 Å². The number of allylic oxidation sites excluding steroid dienone is 2.